The van der Waals surface area contributed by atoms with Gasteiger partial charge in [0.15, 0.2) is 15.8 Å². The molecule has 20 heavy (non-hydrogen) atoms. The van der Waals surface area contributed by atoms with Gasteiger partial charge in [-0.3, -0.25) is 4.99 Å². The molecule has 1 aliphatic heterocycles. The van der Waals surface area contributed by atoms with Crippen LogP contribution in [0.2, 0.25) is 0 Å². The second kappa shape index (κ2) is 6.26. The predicted molar refractivity (Wildman–Crippen MR) is 81.6 cm³/mol. The number of aliphatic imine (C=N–C) groups is 1. The van der Waals surface area contributed by atoms with Crippen molar-refractivity contribution in [2.75, 3.05) is 18.6 Å². The van der Waals surface area contributed by atoms with Crippen LogP contribution in [0.25, 0.3) is 0 Å². The zero-order valence-electron chi connectivity index (χ0n) is 11.9. The van der Waals surface area contributed by atoms with Crippen molar-refractivity contribution in [3.63, 3.8) is 0 Å². The van der Waals surface area contributed by atoms with Crippen molar-refractivity contribution in [1.82, 2.24) is 10.6 Å². The van der Waals surface area contributed by atoms with Crippen molar-refractivity contribution < 1.29 is 8.42 Å². The number of hydrogen-bond donors (Lipinski definition) is 2. The predicted octanol–water partition coefficient (Wildman–Crippen LogP) is 0.847. The highest BCUT2D eigenvalue weighted by Crippen LogP contribution is 2.11. The highest BCUT2D eigenvalue weighted by Gasteiger charge is 2.28. The molecule has 1 unspecified atom stereocenters. The number of nitrogens with zero attached hydrogens (tertiary/aromatic N) is 1. The van der Waals surface area contributed by atoms with E-state index in [1.54, 1.807) is 7.05 Å². The minimum atomic E-state index is -2.87. The monoisotopic (exact) mass is 295 g/mol. The third kappa shape index (κ3) is 3.96. The highest BCUT2D eigenvalue weighted by atomic mass is 32.2. The van der Waals surface area contributed by atoms with Crippen LogP contribution < -0.4 is 10.6 Å². The van der Waals surface area contributed by atoms with Crippen LogP contribution in [0.15, 0.2) is 29.3 Å². The largest absolute Gasteiger partial charge is 0.353 e. The molecule has 0 bridgehead atoms. The molecule has 0 saturated carbocycles. The average Bonchev–Trinajstić information content (AvgIpc) is 2.75. The second-order valence-corrected chi connectivity index (χ2v) is 7.33. The van der Waals surface area contributed by atoms with E-state index < -0.39 is 9.84 Å². The summed E-state index contributed by atoms with van der Waals surface area (Å²) in [6, 6.07) is 8.11. The van der Waals surface area contributed by atoms with Gasteiger partial charge in [0.05, 0.1) is 11.5 Å². The maximum absolute atomic E-state index is 11.4. The summed E-state index contributed by atoms with van der Waals surface area (Å²) in [5.41, 5.74) is 2.42. The first kappa shape index (κ1) is 14.8. The van der Waals surface area contributed by atoms with Crippen molar-refractivity contribution in [1.29, 1.82) is 0 Å². The first-order chi connectivity index (χ1) is 9.50. The van der Waals surface area contributed by atoms with E-state index in [0.29, 0.717) is 18.9 Å². The van der Waals surface area contributed by atoms with Crippen LogP contribution >= 0.6 is 0 Å². The number of guanidine groups is 1. The molecule has 1 saturated heterocycles. The van der Waals surface area contributed by atoms with Gasteiger partial charge in [-0.2, -0.15) is 0 Å². The van der Waals surface area contributed by atoms with E-state index in [1.165, 1.54) is 11.1 Å². The van der Waals surface area contributed by atoms with E-state index in [9.17, 15) is 8.42 Å². The fourth-order valence-electron chi connectivity index (χ4n) is 2.28. The zero-order chi connectivity index (χ0) is 14.6. The Balaban J connectivity index is 1.89. The van der Waals surface area contributed by atoms with Gasteiger partial charge < -0.3 is 10.6 Å². The van der Waals surface area contributed by atoms with Crippen LogP contribution in [0.4, 0.5) is 0 Å². The minimum Gasteiger partial charge on any atom is -0.353 e. The summed E-state index contributed by atoms with van der Waals surface area (Å²) in [5.74, 6) is 1.10. The number of aryl methyl sites for hydroxylation is 1. The maximum Gasteiger partial charge on any atom is 0.191 e. The molecule has 0 aliphatic carbocycles. The summed E-state index contributed by atoms with van der Waals surface area (Å²) in [6.45, 7) is 2.74. The van der Waals surface area contributed by atoms with Crippen molar-refractivity contribution in [2.24, 2.45) is 4.99 Å². The standard InChI is InChI=1S/C14H21N3O2S/c1-11-5-3-4-6-12(11)9-16-14(15-2)17-13-7-8-20(18,19)10-13/h3-6,13H,7-10H2,1-2H3,(H2,15,16,17). The summed E-state index contributed by atoms with van der Waals surface area (Å²) in [4.78, 5) is 4.14. The van der Waals surface area contributed by atoms with Crippen LogP contribution in [-0.2, 0) is 16.4 Å². The Morgan fingerprint density at radius 2 is 2.15 bits per heavy atom. The van der Waals surface area contributed by atoms with Crippen LogP contribution in [0.1, 0.15) is 17.5 Å². The molecule has 1 aromatic carbocycles. The second-order valence-electron chi connectivity index (χ2n) is 5.10. The van der Waals surface area contributed by atoms with Crippen molar-refractivity contribution in [3.05, 3.63) is 35.4 Å². The summed E-state index contributed by atoms with van der Waals surface area (Å²) in [6.07, 6.45) is 0.646. The molecule has 0 amide bonds. The number of nitrogens with one attached hydrogen (secondary N) is 2. The SMILES string of the molecule is CN=C(NCc1ccccc1C)NC1CCS(=O)(=O)C1. The Kier molecular flexibility index (Phi) is 4.65. The molecule has 0 aromatic heterocycles. The maximum atomic E-state index is 11.4. The van der Waals surface area contributed by atoms with Crippen molar-refractivity contribution in [2.45, 2.75) is 25.9 Å². The minimum absolute atomic E-state index is 0.0388. The number of sulfone groups is 1. The molecule has 2 rings (SSSR count). The lowest BCUT2D eigenvalue weighted by Crippen LogP contribution is -2.43. The fourth-order valence-corrected chi connectivity index (χ4v) is 3.96. The fraction of sp³-hybridized carbons (Fsp3) is 0.500. The Morgan fingerprint density at radius 3 is 2.75 bits per heavy atom. The van der Waals surface area contributed by atoms with Gasteiger partial charge in [-0.15, -0.1) is 0 Å². The first-order valence-corrected chi connectivity index (χ1v) is 8.54. The Labute approximate surface area is 120 Å². The molecule has 110 valence electrons. The van der Waals surface area contributed by atoms with Crippen LogP contribution in [0, 0.1) is 6.92 Å². The van der Waals surface area contributed by atoms with Crippen LogP contribution in [0.3, 0.4) is 0 Å². The lowest BCUT2D eigenvalue weighted by Gasteiger charge is -2.16. The van der Waals surface area contributed by atoms with E-state index in [0.717, 1.165) is 0 Å². The van der Waals surface area contributed by atoms with Gasteiger partial charge in [0.1, 0.15) is 0 Å². The zero-order valence-corrected chi connectivity index (χ0v) is 12.7. The molecule has 1 fully saturated rings. The van der Waals surface area contributed by atoms with E-state index in [4.69, 9.17) is 0 Å². The van der Waals surface area contributed by atoms with Gasteiger partial charge in [-0.25, -0.2) is 8.42 Å². The van der Waals surface area contributed by atoms with Gasteiger partial charge in [0, 0.05) is 19.6 Å². The average molecular weight is 295 g/mol. The van der Waals surface area contributed by atoms with Gasteiger partial charge in [0.2, 0.25) is 0 Å². The van der Waals surface area contributed by atoms with Crippen molar-refractivity contribution in [3.8, 4) is 0 Å². The van der Waals surface area contributed by atoms with E-state index >= 15 is 0 Å². The smallest absolute Gasteiger partial charge is 0.191 e. The molecule has 1 aliphatic rings. The van der Waals surface area contributed by atoms with E-state index in [1.807, 2.05) is 12.1 Å². The van der Waals surface area contributed by atoms with Gasteiger partial charge in [-0.1, -0.05) is 24.3 Å². The topological polar surface area (TPSA) is 70.6 Å². The summed E-state index contributed by atoms with van der Waals surface area (Å²) >= 11 is 0. The lowest BCUT2D eigenvalue weighted by molar-refractivity contribution is 0.599. The van der Waals surface area contributed by atoms with Gasteiger partial charge in [-0.05, 0) is 24.5 Å². The first-order valence-electron chi connectivity index (χ1n) is 6.72. The van der Waals surface area contributed by atoms with Gasteiger partial charge >= 0.3 is 0 Å². The van der Waals surface area contributed by atoms with E-state index in [2.05, 4.69) is 34.7 Å². The molecule has 6 heteroatoms. The highest BCUT2D eigenvalue weighted by molar-refractivity contribution is 7.91. The molecular formula is C14H21N3O2S. The Hall–Kier alpha value is -1.56. The molecular weight excluding hydrogens is 274 g/mol. The van der Waals surface area contributed by atoms with Crippen LogP contribution in [0.5, 0.6) is 0 Å². The van der Waals surface area contributed by atoms with Crippen LogP contribution in [-0.4, -0.2) is 39.0 Å². The molecule has 0 radical (unpaired) electrons. The Bertz CT molecular complexity index is 596. The van der Waals surface area contributed by atoms with Crippen molar-refractivity contribution >= 4 is 15.8 Å². The summed E-state index contributed by atoms with van der Waals surface area (Å²) < 4.78 is 22.9. The van der Waals surface area contributed by atoms with E-state index in [-0.39, 0.29) is 17.5 Å². The molecule has 1 heterocycles. The number of hydrogen-bond acceptors (Lipinski definition) is 3. The summed E-state index contributed by atoms with van der Waals surface area (Å²) in [5, 5.41) is 6.40. The number of rotatable bonds is 3. The van der Waals surface area contributed by atoms with Gasteiger partial charge in [0.25, 0.3) is 0 Å². The number of benzene rings is 1. The lowest BCUT2D eigenvalue weighted by atomic mass is 10.1. The molecule has 2 N–H and O–H groups in total. The quantitative estimate of drug-likeness (QED) is 0.640. The normalized spacial score (nSPS) is 21.7. The molecule has 1 atom stereocenters. The molecule has 1 aromatic rings. The third-order valence-electron chi connectivity index (χ3n) is 3.50. The third-order valence-corrected chi connectivity index (χ3v) is 5.27. The molecule has 0 spiro atoms. The summed E-state index contributed by atoms with van der Waals surface area (Å²) in [7, 11) is -1.18. The molecule has 5 nitrogen and oxygen atoms in total. The Morgan fingerprint density at radius 1 is 1.40 bits per heavy atom.